The molecule has 0 spiro atoms. The van der Waals surface area contributed by atoms with Gasteiger partial charge in [-0.15, -0.1) is 0 Å². The van der Waals surface area contributed by atoms with Gasteiger partial charge >= 0.3 is 0 Å². The summed E-state index contributed by atoms with van der Waals surface area (Å²) in [6.45, 7) is 3.74. The molecule has 0 aliphatic rings. The third kappa shape index (κ3) is 3.83. The van der Waals surface area contributed by atoms with Gasteiger partial charge < -0.3 is 0 Å². The lowest BCUT2D eigenvalue weighted by molar-refractivity contribution is 0.0846. The normalized spacial score (nSPS) is 10.0. The molecule has 2 rings (SSSR count). The molecule has 4 nitrogen and oxygen atoms in total. The summed E-state index contributed by atoms with van der Waals surface area (Å²) < 4.78 is 0. The zero-order chi connectivity index (χ0) is 15.4. The van der Waals surface area contributed by atoms with Crippen LogP contribution in [0, 0.1) is 13.8 Å². The van der Waals surface area contributed by atoms with Gasteiger partial charge in [-0.25, -0.2) is 0 Å². The van der Waals surface area contributed by atoms with Crippen LogP contribution in [0.15, 0.2) is 42.5 Å². The Kier molecular flexibility index (Phi) is 4.60. The van der Waals surface area contributed by atoms with Gasteiger partial charge in [0.2, 0.25) is 0 Å². The van der Waals surface area contributed by atoms with Crippen molar-refractivity contribution < 1.29 is 9.59 Å². The van der Waals surface area contributed by atoms with E-state index in [1.165, 1.54) is 6.07 Å². The van der Waals surface area contributed by atoms with E-state index in [9.17, 15) is 9.59 Å². The molecule has 0 fully saturated rings. The average molecular weight is 303 g/mol. The highest BCUT2D eigenvalue weighted by molar-refractivity contribution is 6.30. The van der Waals surface area contributed by atoms with Gasteiger partial charge in [0.1, 0.15) is 0 Å². The maximum Gasteiger partial charge on any atom is 0.269 e. The molecule has 21 heavy (non-hydrogen) atoms. The maximum atomic E-state index is 12.1. The molecule has 0 unspecified atom stereocenters. The van der Waals surface area contributed by atoms with Crippen LogP contribution >= 0.6 is 11.6 Å². The molecule has 0 aromatic heterocycles. The number of benzene rings is 2. The van der Waals surface area contributed by atoms with Gasteiger partial charge in [0.15, 0.2) is 0 Å². The number of hydrazine groups is 1. The molecule has 0 atom stereocenters. The van der Waals surface area contributed by atoms with Gasteiger partial charge in [-0.1, -0.05) is 35.4 Å². The monoisotopic (exact) mass is 302 g/mol. The highest BCUT2D eigenvalue weighted by Gasteiger charge is 2.11. The van der Waals surface area contributed by atoms with Gasteiger partial charge in [-0.2, -0.15) is 0 Å². The van der Waals surface area contributed by atoms with Crippen molar-refractivity contribution in [2.45, 2.75) is 13.8 Å². The minimum absolute atomic E-state index is 0.355. The van der Waals surface area contributed by atoms with E-state index in [1.54, 1.807) is 24.3 Å². The standard InChI is InChI=1S/C16H15ClN2O2/c1-10-6-7-11(2)14(8-10)16(21)19-18-15(20)12-4-3-5-13(17)9-12/h3-9H,1-2H3,(H,18,20)(H,19,21). The fraction of sp³-hybridized carbons (Fsp3) is 0.125. The Labute approximate surface area is 128 Å². The van der Waals surface area contributed by atoms with Crippen LogP contribution in [-0.2, 0) is 0 Å². The first-order chi connectivity index (χ1) is 9.97. The van der Waals surface area contributed by atoms with E-state index in [0.717, 1.165) is 11.1 Å². The molecule has 0 aliphatic carbocycles. The van der Waals surface area contributed by atoms with Gasteiger partial charge in [0.05, 0.1) is 0 Å². The Morgan fingerprint density at radius 1 is 0.952 bits per heavy atom. The zero-order valence-corrected chi connectivity index (χ0v) is 12.5. The van der Waals surface area contributed by atoms with E-state index in [-0.39, 0.29) is 5.91 Å². The van der Waals surface area contributed by atoms with Crippen LogP contribution in [0.2, 0.25) is 5.02 Å². The van der Waals surface area contributed by atoms with Crippen LogP contribution in [0.5, 0.6) is 0 Å². The summed E-state index contributed by atoms with van der Waals surface area (Å²) >= 11 is 5.82. The number of hydrogen-bond acceptors (Lipinski definition) is 2. The Balaban J connectivity index is 2.04. The van der Waals surface area contributed by atoms with Crippen molar-refractivity contribution in [2.75, 3.05) is 0 Å². The Bertz CT molecular complexity index is 698. The Hall–Kier alpha value is -2.33. The molecule has 108 valence electrons. The number of aryl methyl sites for hydroxylation is 2. The van der Waals surface area contributed by atoms with E-state index in [2.05, 4.69) is 10.9 Å². The second-order valence-electron chi connectivity index (χ2n) is 4.74. The zero-order valence-electron chi connectivity index (χ0n) is 11.7. The summed E-state index contributed by atoms with van der Waals surface area (Å²) in [6.07, 6.45) is 0. The van der Waals surface area contributed by atoms with Crippen molar-refractivity contribution in [3.05, 3.63) is 69.7 Å². The molecule has 0 aliphatic heterocycles. The first kappa shape index (κ1) is 15.1. The van der Waals surface area contributed by atoms with Crippen LogP contribution in [0.25, 0.3) is 0 Å². The number of carbonyl (C=O) groups excluding carboxylic acids is 2. The molecule has 5 heteroatoms. The van der Waals surface area contributed by atoms with Crippen molar-refractivity contribution in [1.82, 2.24) is 10.9 Å². The Morgan fingerprint density at radius 2 is 1.67 bits per heavy atom. The lowest BCUT2D eigenvalue weighted by Crippen LogP contribution is -2.41. The maximum absolute atomic E-state index is 12.1. The molecule has 0 heterocycles. The smallest absolute Gasteiger partial charge is 0.267 e. The van der Waals surface area contributed by atoms with Crippen molar-refractivity contribution in [3.63, 3.8) is 0 Å². The van der Waals surface area contributed by atoms with Gasteiger partial charge in [-0.3, -0.25) is 20.4 Å². The Morgan fingerprint density at radius 3 is 2.38 bits per heavy atom. The number of nitrogens with one attached hydrogen (secondary N) is 2. The average Bonchev–Trinajstić information content (AvgIpc) is 2.47. The summed E-state index contributed by atoms with van der Waals surface area (Å²) in [7, 11) is 0. The van der Waals surface area contributed by atoms with Gasteiger partial charge in [0.25, 0.3) is 11.8 Å². The summed E-state index contributed by atoms with van der Waals surface area (Å²) in [4.78, 5) is 24.0. The predicted molar refractivity (Wildman–Crippen MR) is 82.3 cm³/mol. The largest absolute Gasteiger partial charge is 0.269 e. The minimum atomic E-state index is -0.420. The van der Waals surface area contributed by atoms with Crippen molar-refractivity contribution in [3.8, 4) is 0 Å². The van der Waals surface area contributed by atoms with E-state index >= 15 is 0 Å². The SMILES string of the molecule is Cc1ccc(C)c(C(=O)NNC(=O)c2cccc(Cl)c2)c1. The second kappa shape index (κ2) is 6.41. The molecule has 0 saturated carbocycles. The van der Waals surface area contributed by atoms with Crippen LogP contribution in [0.3, 0.4) is 0 Å². The summed E-state index contributed by atoms with van der Waals surface area (Å²) in [6, 6.07) is 12.1. The van der Waals surface area contributed by atoms with Crippen LogP contribution < -0.4 is 10.9 Å². The number of halogens is 1. The molecular weight excluding hydrogens is 288 g/mol. The van der Waals surface area contributed by atoms with Gasteiger partial charge in [0, 0.05) is 16.1 Å². The number of carbonyl (C=O) groups is 2. The number of amides is 2. The molecule has 2 aromatic rings. The first-order valence-corrected chi connectivity index (χ1v) is 6.78. The quantitative estimate of drug-likeness (QED) is 0.838. The lowest BCUT2D eigenvalue weighted by atomic mass is 10.1. The van der Waals surface area contributed by atoms with Crippen molar-refractivity contribution >= 4 is 23.4 Å². The fourth-order valence-corrected chi connectivity index (χ4v) is 2.05. The highest BCUT2D eigenvalue weighted by Crippen LogP contribution is 2.11. The minimum Gasteiger partial charge on any atom is -0.267 e. The second-order valence-corrected chi connectivity index (χ2v) is 5.17. The molecule has 0 saturated heterocycles. The van der Waals surface area contributed by atoms with Crippen molar-refractivity contribution in [2.24, 2.45) is 0 Å². The van der Waals surface area contributed by atoms with Crippen molar-refractivity contribution in [1.29, 1.82) is 0 Å². The number of hydrogen-bond donors (Lipinski definition) is 2. The van der Waals surface area contributed by atoms with E-state index in [1.807, 2.05) is 26.0 Å². The number of rotatable bonds is 2. The fourth-order valence-electron chi connectivity index (χ4n) is 1.86. The lowest BCUT2D eigenvalue weighted by Gasteiger charge is -2.10. The van der Waals surface area contributed by atoms with Gasteiger partial charge in [-0.05, 0) is 43.7 Å². The predicted octanol–water partition coefficient (Wildman–Crippen LogP) is 3.03. The molecular formula is C16H15ClN2O2. The van der Waals surface area contributed by atoms with Crippen LogP contribution in [0.1, 0.15) is 31.8 Å². The third-order valence-corrected chi connectivity index (χ3v) is 3.25. The van der Waals surface area contributed by atoms with Crippen LogP contribution in [-0.4, -0.2) is 11.8 Å². The van der Waals surface area contributed by atoms with E-state index in [0.29, 0.717) is 16.1 Å². The summed E-state index contributed by atoms with van der Waals surface area (Å²) in [5, 5.41) is 0.462. The topological polar surface area (TPSA) is 58.2 Å². The first-order valence-electron chi connectivity index (χ1n) is 6.41. The summed E-state index contributed by atoms with van der Waals surface area (Å²) in [5.74, 6) is -0.775. The highest BCUT2D eigenvalue weighted by atomic mass is 35.5. The molecule has 0 bridgehead atoms. The third-order valence-electron chi connectivity index (χ3n) is 3.01. The molecule has 2 aromatic carbocycles. The molecule has 0 radical (unpaired) electrons. The summed E-state index contributed by atoms with van der Waals surface area (Å²) in [5.41, 5.74) is 7.51. The molecule has 2 N–H and O–H groups in total. The van der Waals surface area contributed by atoms with E-state index < -0.39 is 5.91 Å². The van der Waals surface area contributed by atoms with Crippen LogP contribution in [0.4, 0.5) is 0 Å². The molecule has 2 amide bonds. The van der Waals surface area contributed by atoms with E-state index in [4.69, 9.17) is 11.6 Å².